The Balaban J connectivity index is 1.59. The molecule has 1 saturated heterocycles. The van der Waals surface area contributed by atoms with Crippen LogP contribution in [0.5, 0.6) is 0 Å². The lowest BCUT2D eigenvalue weighted by Gasteiger charge is -2.47. The van der Waals surface area contributed by atoms with Crippen molar-refractivity contribution in [3.05, 3.63) is 108 Å². The zero-order chi connectivity index (χ0) is 31.2. The minimum atomic E-state index is -2.33. The Kier molecular flexibility index (Phi) is 14.3. The van der Waals surface area contributed by atoms with Crippen LogP contribution in [0.3, 0.4) is 0 Å². The topological polar surface area (TPSA) is 64.6 Å². The van der Waals surface area contributed by atoms with E-state index in [1.165, 1.54) is 11.8 Å². The van der Waals surface area contributed by atoms with Crippen molar-refractivity contribution in [2.24, 2.45) is 0 Å². The van der Waals surface area contributed by atoms with E-state index in [0.29, 0.717) is 42.8 Å². The molecule has 0 aliphatic carbocycles. The normalized spacial score (nSPS) is 22.0. The summed E-state index contributed by atoms with van der Waals surface area (Å²) in [5.74, 6) is 0. The molecule has 0 unspecified atom stereocenters. The first-order valence-electron chi connectivity index (χ1n) is 15.0. The van der Waals surface area contributed by atoms with Crippen LogP contribution >= 0.6 is 24.0 Å². The summed E-state index contributed by atoms with van der Waals surface area (Å²) in [5.41, 5.74) is 3.20. The van der Waals surface area contributed by atoms with E-state index < -0.39 is 39.0 Å². The van der Waals surface area contributed by atoms with Crippen LogP contribution in [0, 0.1) is 0 Å². The standard InChI is InChI=1S/C34H44O7S2Si/c1-5-37-34(42)43-25-44(3,4)41-32-31(39-23-28-19-13-8-14-20-28)30(38-22-27-17-11-7-12-18-27)29(40-33(32)35-2)24-36-21-26-15-9-6-10-16-26/h6-20,29-33H,5,21-25H2,1-4H3/t29-,30-,31+,32+,33+/m1/s1. The molecule has 1 fully saturated rings. The molecule has 44 heavy (non-hydrogen) atoms. The highest BCUT2D eigenvalue weighted by molar-refractivity contribution is 8.23. The van der Waals surface area contributed by atoms with Crippen molar-refractivity contribution in [1.82, 2.24) is 0 Å². The monoisotopic (exact) mass is 656 g/mol. The smallest absolute Gasteiger partial charge is 0.219 e. The highest BCUT2D eigenvalue weighted by atomic mass is 32.2. The van der Waals surface area contributed by atoms with E-state index in [1.54, 1.807) is 7.11 Å². The van der Waals surface area contributed by atoms with Crippen molar-refractivity contribution in [2.45, 2.75) is 70.5 Å². The maximum absolute atomic E-state index is 6.92. The molecule has 0 bridgehead atoms. The first-order valence-corrected chi connectivity index (χ1v) is 19.5. The molecule has 4 rings (SSSR count). The summed E-state index contributed by atoms with van der Waals surface area (Å²) in [7, 11) is -0.695. The Morgan fingerprint density at radius 2 is 1.30 bits per heavy atom. The molecule has 5 atom stereocenters. The number of methoxy groups -OCH3 is 1. The molecule has 0 radical (unpaired) electrons. The third-order valence-corrected chi connectivity index (χ3v) is 12.1. The molecular formula is C34H44O7S2Si. The van der Waals surface area contributed by atoms with Gasteiger partial charge in [-0.3, -0.25) is 0 Å². The average molecular weight is 657 g/mol. The molecule has 1 aliphatic heterocycles. The van der Waals surface area contributed by atoms with Gasteiger partial charge in [0.1, 0.15) is 24.4 Å². The Labute approximate surface area is 272 Å². The van der Waals surface area contributed by atoms with Crippen LogP contribution in [0.2, 0.25) is 13.1 Å². The Hall–Kier alpha value is -2.12. The molecule has 0 spiro atoms. The third kappa shape index (κ3) is 11.0. The number of rotatable bonds is 16. The molecule has 3 aromatic rings. The Morgan fingerprint density at radius 1 is 0.773 bits per heavy atom. The second-order valence-electron chi connectivity index (χ2n) is 11.1. The van der Waals surface area contributed by atoms with Crippen LogP contribution in [-0.2, 0) is 52.7 Å². The van der Waals surface area contributed by atoms with Crippen molar-refractivity contribution in [3.63, 3.8) is 0 Å². The lowest BCUT2D eigenvalue weighted by Crippen LogP contribution is -2.63. The fraction of sp³-hybridized carbons (Fsp3) is 0.441. The van der Waals surface area contributed by atoms with Crippen molar-refractivity contribution in [2.75, 3.05) is 25.7 Å². The Morgan fingerprint density at radius 3 is 1.82 bits per heavy atom. The van der Waals surface area contributed by atoms with Gasteiger partial charge in [0.05, 0.1) is 33.0 Å². The van der Waals surface area contributed by atoms with Gasteiger partial charge in [0.25, 0.3) is 0 Å². The predicted molar refractivity (Wildman–Crippen MR) is 181 cm³/mol. The van der Waals surface area contributed by atoms with Crippen LogP contribution in [-0.4, -0.2) is 69.1 Å². The lowest BCUT2D eigenvalue weighted by molar-refractivity contribution is -0.309. The van der Waals surface area contributed by atoms with Gasteiger partial charge in [-0.2, -0.15) is 0 Å². The van der Waals surface area contributed by atoms with Gasteiger partial charge in [-0.05, 0) is 48.9 Å². The van der Waals surface area contributed by atoms with Gasteiger partial charge in [0, 0.05) is 12.5 Å². The highest BCUT2D eigenvalue weighted by Gasteiger charge is 2.50. The summed E-state index contributed by atoms with van der Waals surface area (Å²) in [5, 5.41) is 0.712. The van der Waals surface area contributed by atoms with Gasteiger partial charge < -0.3 is 32.8 Å². The SMILES string of the molecule is CCOC(=S)SC[Si](C)(C)O[C@@H]1[C@@H](OC)O[C@H](COCc2ccccc2)[C@@H](OCc2ccccc2)[C@@H]1OCc1ccccc1. The molecular weight excluding hydrogens is 613 g/mol. The van der Waals surface area contributed by atoms with Crippen LogP contribution < -0.4 is 0 Å². The van der Waals surface area contributed by atoms with E-state index in [2.05, 4.69) is 13.1 Å². The van der Waals surface area contributed by atoms with E-state index in [9.17, 15) is 0 Å². The molecule has 3 aromatic carbocycles. The van der Waals surface area contributed by atoms with Crippen molar-refractivity contribution < 1.29 is 32.8 Å². The summed E-state index contributed by atoms with van der Waals surface area (Å²) < 4.78 is 45.0. The van der Waals surface area contributed by atoms with Gasteiger partial charge in [-0.1, -0.05) is 103 Å². The number of thiocarbonyl (C=S) groups is 1. The van der Waals surface area contributed by atoms with Crippen LogP contribution in [0.4, 0.5) is 0 Å². The maximum atomic E-state index is 6.92. The fourth-order valence-corrected chi connectivity index (χ4v) is 8.88. The van der Waals surface area contributed by atoms with E-state index in [0.717, 1.165) is 16.7 Å². The van der Waals surface area contributed by atoms with E-state index >= 15 is 0 Å². The number of ether oxygens (including phenoxy) is 6. The van der Waals surface area contributed by atoms with Crippen LogP contribution in [0.15, 0.2) is 91.0 Å². The summed E-state index contributed by atoms with van der Waals surface area (Å²) in [4.78, 5) is 0. The van der Waals surface area contributed by atoms with Gasteiger partial charge in [0.2, 0.25) is 4.38 Å². The van der Waals surface area contributed by atoms with Gasteiger partial charge in [-0.25, -0.2) is 0 Å². The maximum Gasteiger partial charge on any atom is 0.219 e. The van der Waals surface area contributed by atoms with E-state index in [1.807, 2.05) is 97.9 Å². The molecule has 10 heteroatoms. The van der Waals surface area contributed by atoms with Gasteiger partial charge in [-0.15, -0.1) is 0 Å². The average Bonchev–Trinajstić information content (AvgIpc) is 3.04. The highest BCUT2D eigenvalue weighted by Crippen LogP contribution is 2.33. The number of thioether (sulfide) groups is 1. The lowest BCUT2D eigenvalue weighted by atomic mass is 9.98. The molecule has 0 saturated carbocycles. The van der Waals surface area contributed by atoms with Gasteiger partial charge in [0.15, 0.2) is 14.6 Å². The zero-order valence-electron chi connectivity index (χ0n) is 26.0. The second kappa shape index (κ2) is 18.1. The summed E-state index contributed by atoms with van der Waals surface area (Å²) in [6, 6.07) is 30.3. The molecule has 0 aromatic heterocycles. The largest absolute Gasteiger partial charge is 0.479 e. The molecule has 0 amide bonds. The van der Waals surface area contributed by atoms with E-state index in [-0.39, 0.29) is 0 Å². The minimum absolute atomic E-state index is 0.297. The number of benzene rings is 3. The summed E-state index contributed by atoms with van der Waals surface area (Å²) >= 11 is 6.89. The quantitative estimate of drug-likeness (QED) is 0.121. The second-order valence-corrected chi connectivity index (χ2v) is 17.3. The molecule has 1 heterocycles. The van der Waals surface area contributed by atoms with Crippen LogP contribution in [0.1, 0.15) is 23.6 Å². The number of hydrogen-bond donors (Lipinski definition) is 0. The minimum Gasteiger partial charge on any atom is -0.479 e. The number of hydrogen-bond acceptors (Lipinski definition) is 9. The van der Waals surface area contributed by atoms with E-state index in [4.69, 9.17) is 45.1 Å². The van der Waals surface area contributed by atoms with Crippen LogP contribution in [0.25, 0.3) is 0 Å². The molecule has 7 nitrogen and oxygen atoms in total. The first kappa shape index (κ1) is 34.7. The first-order chi connectivity index (χ1) is 21.4. The summed E-state index contributed by atoms with van der Waals surface area (Å²) in [6.07, 6.45) is -2.68. The Bertz CT molecular complexity index is 1240. The third-order valence-electron chi connectivity index (χ3n) is 7.04. The summed E-state index contributed by atoms with van der Waals surface area (Å²) in [6.45, 7) is 8.31. The zero-order valence-corrected chi connectivity index (χ0v) is 28.6. The predicted octanol–water partition coefficient (Wildman–Crippen LogP) is 6.93. The van der Waals surface area contributed by atoms with Crippen molar-refractivity contribution >= 4 is 36.7 Å². The van der Waals surface area contributed by atoms with Crippen molar-refractivity contribution in [1.29, 1.82) is 0 Å². The van der Waals surface area contributed by atoms with Crippen molar-refractivity contribution in [3.8, 4) is 0 Å². The molecule has 0 N–H and O–H groups in total. The fourth-order valence-electron chi connectivity index (χ4n) is 4.91. The molecule has 1 aliphatic rings. The molecule has 238 valence electrons. The van der Waals surface area contributed by atoms with Gasteiger partial charge >= 0.3 is 0 Å².